The molecule has 1 amide bonds. The molecule has 0 aliphatic heterocycles. The van der Waals surface area contributed by atoms with Gasteiger partial charge in [-0.05, 0) is 37.5 Å². The molecule has 4 N–H and O–H groups in total. The number of hydrogen-bond acceptors (Lipinski definition) is 5. The van der Waals surface area contributed by atoms with Crippen LogP contribution in [0.2, 0.25) is 10.0 Å². The summed E-state index contributed by atoms with van der Waals surface area (Å²) in [6.45, 7) is -6.82. The van der Waals surface area contributed by atoms with E-state index < -0.39 is 38.3 Å². The van der Waals surface area contributed by atoms with E-state index in [-0.39, 0.29) is 16.5 Å². The van der Waals surface area contributed by atoms with Crippen LogP contribution in [0.3, 0.4) is 0 Å². The van der Waals surface area contributed by atoms with Crippen molar-refractivity contribution in [2.45, 2.75) is 25.8 Å². The standard InChI is InChI=1S/C20H21Cl2N5O2/c1-11(2)26-19-5-15(16(22)9-25-19)12-4-17(24-7-12)20(29)27-18(10-28)13-3-14(21)8-23-6-13/h3-9,11,18,24,28H,10H2,1-2H3,(H,25,26)(H,27,29)/t18-/m1/s1/i1D3,2D3,11D. The van der Waals surface area contributed by atoms with E-state index in [2.05, 4.69) is 25.6 Å². The molecule has 0 unspecified atom stereocenters. The molecule has 3 aromatic heterocycles. The molecule has 9 heteroatoms. The third kappa shape index (κ3) is 5.26. The van der Waals surface area contributed by atoms with Gasteiger partial charge >= 0.3 is 0 Å². The van der Waals surface area contributed by atoms with Gasteiger partial charge in [-0.1, -0.05) is 23.2 Å². The summed E-state index contributed by atoms with van der Waals surface area (Å²) in [5.41, 5.74) is 1.31. The molecule has 0 radical (unpaired) electrons. The van der Waals surface area contributed by atoms with Gasteiger partial charge in [0.2, 0.25) is 0 Å². The highest BCUT2D eigenvalue weighted by Gasteiger charge is 2.18. The van der Waals surface area contributed by atoms with Crippen LogP contribution in [0.4, 0.5) is 5.82 Å². The van der Waals surface area contributed by atoms with Crippen molar-refractivity contribution in [3.8, 4) is 11.1 Å². The molecule has 0 aliphatic carbocycles. The second-order valence-electron chi connectivity index (χ2n) is 6.00. The maximum Gasteiger partial charge on any atom is 0.268 e. The number of aliphatic hydroxyl groups excluding tert-OH is 1. The van der Waals surface area contributed by atoms with E-state index in [1.165, 1.54) is 36.9 Å². The second-order valence-corrected chi connectivity index (χ2v) is 6.84. The number of amides is 1. The average Bonchev–Trinajstić information content (AvgIpc) is 3.27. The predicted octanol–water partition coefficient (Wildman–Crippen LogP) is 4.06. The molecule has 3 aromatic rings. The van der Waals surface area contributed by atoms with Gasteiger partial charge in [0.1, 0.15) is 11.5 Å². The van der Waals surface area contributed by atoms with Crippen molar-refractivity contribution in [1.82, 2.24) is 20.3 Å². The van der Waals surface area contributed by atoms with Gasteiger partial charge in [-0.15, -0.1) is 0 Å². The van der Waals surface area contributed by atoms with Crippen molar-refractivity contribution in [1.29, 1.82) is 0 Å². The molecule has 0 aromatic carbocycles. The van der Waals surface area contributed by atoms with E-state index in [1.54, 1.807) is 6.07 Å². The van der Waals surface area contributed by atoms with Crippen molar-refractivity contribution < 1.29 is 19.5 Å². The number of halogens is 2. The molecule has 0 saturated heterocycles. The highest BCUT2D eigenvalue weighted by Crippen LogP contribution is 2.30. The minimum atomic E-state index is -3.21. The minimum absolute atomic E-state index is 0.112. The zero-order valence-corrected chi connectivity index (χ0v) is 16.3. The Kier molecular flexibility index (Phi) is 4.34. The zero-order chi connectivity index (χ0) is 26.9. The van der Waals surface area contributed by atoms with Crippen LogP contribution in [-0.4, -0.2) is 38.6 Å². The summed E-state index contributed by atoms with van der Waals surface area (Å²) in [6.07, 6.45) is 5.50. The topological polar surface area (TPSA) is 103 Å². The zero-order valence-electron chi connectivity index (χ0n) is 21.8. The van der Waals surface area contributed by atoms with Crippen LogP contribution in [0.15, 0.2) is 43.0 Å². The summed E-state index contributed by atoms with van der Waals surface area (Å²) >= 11 is 12.2. The van der Waals surface area contributed by atoms with Crippen molar-refractivity contribution in [2.75, 3.05) is 11.9 Å². The third-order valence-corrected chi connectivity index (χ3v) is 4.47. The summed E-state index contributed by atoms with van der Waals surface area (Å²) in [5, 5.41) is 15.0. The van der Waals surface area contributed by atoms with Crippen molar-refractivity contribution >= 4 is 34.9 Å². The first kappa shape index (κ1) is 13.6. The maximum absolute atomic E-state index is 12.8. The molecule has 0 bridgehead atoms. The number of pyridine rings is 2. The molecule has 0 aliphatic rings. The lowest BCUT2D eigenvalue weighted by Gasteiger charge is -2.16. The fourth-order valence-corrected chi connectivity index (χ4v) is 3.02. The Morgan fingerprint density at radius 2 is 2.14 bits per heavy atom. The number of carbonyl (C=O) groups is 1. The smallest absolute Gasteiger partial charge is 0.268 e. The van der Waals surface area contributed by atoms with Crippen LogP contribution < -0.4 is 10.6 Å². The van der Waals surface area contributed by atoms with E-state index in [0.29, 0.717) is 21.7 Å². The lowest BCUT2D eigenvalue weighted by molar-refractivity contribution is 0.0911. The SMILES string of the molecule is [2H]C([2H])([2H])C([2H])(Nc1cc(-c2c[nH]c(C(=O)N[C@H](CO)c3cncc(Cl)c3)c2)c(Cl)cn1)C([2H])([2H])[2H]. The van der Waals surface area contributed by atoms with E-state index in [9.17, 15) is 9.90 Å². The number of H-pyrrole nitrogens is 1. The molecule has 0 saturated carbocycles. The molecule has 29 heavy (non-hydrogen) atoms. The monoisotopic (exact) mass is 440 g/mol. The fraction of sp³-hybridized carbons (Fsp3) is 0.250. The minimum Gasteiger partial charge on any atom is -0.394 e. The van der Waals surface area contributed by atoms with Crippen LogP contribution >= 0.6 is 23.2 Å². The van der Waals surface area contributed by atoms with E-state index in [0.717, 1.165) is 0 Å². The molecule has 152 valence electrons. The molecule has 3 rings (SSSR count). The Labute approximate surface area is 188 Å². The normalized spacial score (nSPS) is 16.9. The van der Waals surface area contributed by atoms with Gasteiger partial charge < -0.3 is 20.7 Å². The lowest BCUT2D eigenvalue weighted by Crippen LogP contribution is -2.31. The number of aliphatic hydroxyl groups is 1. The predicted molar refractivity (Wildman–Crippen MR) is 114 cm³/mol. The van der Waals surface area contributed by atoms with Crippen LogP contribution in [-0.2, 0) is 0 Å². The maximum atomic E-state index is 12.8. The van der Waals surface area contributed by atoms with Crippen molar-refractivity contribution in [3.05, 3.63) is 64.3 Å². The van der Waals surface area contributed by atoms with Gasteiger partial charge in [-0.25, -0.2) is 4.98 Å². The Morgan fingerprint density at radius 1 is 1.31 bits per heavy atom. The molecule has 0 spiro atoms. The lowest BCUT2D eigenvalue weighted by atomic mass is 10.1. The molecule has 7 nitrogen and oxygen atoms in total. The number of rotatable bonds is 7. The third-order valence-electron chi connectivity index (χ3n) is 3.96. The number of aromatic nitrogens is 3. The van der Waals surface area contributed by atoms with Crippen LogP contribution in [0, 0.1) is 0 Å². The number of carbonyl (C=O) groups excluding carboxylic acids is 1. The van der Waals surface area contributed by atoms with Crippen molar-refractivity contribution in [2.24, 2.45) is 0 Å². The Bertz CT molecular complexity index is 1240. The van der Waals surface area contributed by atoms with Crippen LogP contribution in [0.5, 0.6) is 0 Å². The molecular formula is C20H21Cl2N5O2. The number of nitrogens with zero attached hydrogens (tertiary/aromatic N) is 2. The second kappa shape index (κ2) is 9.26. The highest BCUT2D eigenvalue weighted by molar-refractivity contribution is 6.33. The van der Waals surface area contributed by atoms with Gasteiger partial charge in [0.15, 0.2) is 0 Å². The molecule has 0 fully saturated rings. The van der Waals surface area contributed by atoms with Crippen molar-refractivity contribution in [3.63, 3.8) is 0 Å². The fourth-order valence-electron chi connectivity index (χ4n) is 2.63. The van der Waals surface area contributed by atoms with E-state index in [1.807, 2.05) is 0 Å². The van der Waals surface area contributed by atoms with Gasteiger partial charge in [0.25, 0.3) is 5.91 Å². The van der Waals surface area contributed by atoms with Crippen LogP contribution in [0.25, 0.3) is 11.1 Å². The van der Waals surface area contributed by atoms with Gasteiger partial charge in [0.05, 0.1) is 24.1 Å². The summed E-state index contributed by atoms with van der Waals surface area (Å²) in [4.78, 5) is 23.4. The summed E-state index contributed by atoms with van der Waals surface area (Å²) in [7, 11) is 0. The van der Waals surface area contributed by atoms with E-state index in [4.69, 9.17) is 32.8 Å². The highest BCUT2D eigenvalue weighted by atomic mass is 35.5. The average molecular weight is 441 g/mol. The molecule has 1 atom stereocenters. The summed E-state index contributed by atoms with van der Waals surface area (Å²) in [6, 6.07) is 0.483. The van der Waals surface area contributed by atoms with Crippen LogP contribution in [0.1, 0.15) is 45.4 Å². The number of hydrogen-bond donors (Lipinski definition) is 4. The first-order valence-corrected chi connectivity index (χ1v) is 9.06. The summed E-state index contributed by atoms with van der Waals surface area (Å²) in [5.74, 6) is -0.767. The number of anilines is 1. The number of nitrogens with one attached hydrogen (secondary N) is 3. The Hall–Kier alpha value is -2.61. The van der Waals surface area contributed by atoms with Gasteiger partial charge in [0, 0.05) is 50.2 Å². The van der Waals surface area contributed by atoms with Gasteiger partial charge in [-0.2, -0.15) is 0 Å². The quantitative estimate of drug-likeness (QED) is 0.443. The Morgan fingerprint density at radius 3 is 2.86 bits per heavy atom. The molecule has 3 heterocycles. The first-order chi connectivity index (χ1) is 16.7. The van der Waals surface area contributed by atoms with E-state index >= 15 is 0 Å². The molecular weight excluding hydrogens is 413 g/mol. The van der Waals surface area contributed by atoms with Gasteiger partial charge in [-0.3, -0.25) is 9.78 Å². The Balaban J connectivity index is 1.86. The first-order valence-electron chi connectivity index (χ1n) is 11.8. The largest absolute Gasteiger partial charge is 0.394 e. The summed E-state index contributed by atoms with van der Waals surface area (Å²) < 4.78 is 53.3. The number of aromatic amines is 1.